The van der Waals surface area contributed by atoms with Crippen molar-refractivity contribution in [3.05, 3.63) is 56.2 Å². The van der Waals surface area contributed by atoms with E-state index in [0.717, 1.165) is 21.3 Å². The Bertz CT molecular complexity index is 478. The Morgan fingerprint density at radius 3 is 2.75 bits per heavy atom. The van der Waals surface area contributed by atoms with Crippen molar-refractivity contribution >= 4 is 27.3 Å². The molecule has 84 valence electrons. The lowest BCUT2D eigenvalue weighted by Gasteiger charge is -2.08. The summed E-state index contributed by atoms with van der Waals surface area (Å²) in [5.41, 5.74) is 0.930. The van der Waals surface area contributed by atoms with Crippen molar-refractivity contribution in [3.8, 4) is 0 Å². The van der Waals surface area contributed by atoms with E-state index in [1.807, 2.05) is 30.3 Å². The van der Waals surface area contributed by atoms with Crippen LogP contribution in [0, 0.1) is 0 Å². The van der Waals surface area contributed by atoms with Gasteiger partial charge in [-0.1, -0.05) is 35.0 Å². The average Bonchev–Trinajstić information content (AvgIpc) is 2.76. The highest BCUT2D eigenvalue weighted by Gasteiger charge is 2.12. The van der Waals surface area contributed by atoms with Crippen LogP contribution in [0.25, 0.3) is 0 Å². The number of benzene rings is 1. The topological polar surface area (TPSA) is 20.2 Å². The van der Waals surface area contributed by atoms with Crippen molar-refractivity contribution in [1.29, 1.82) is 0 Å². The molecule has 0 aliphatic carbocycles. The minimum Gasteiger partial charge on any atom is -0.383 e. The lowest BCUT2D eigenvalue weighted by Crippen LogP contribution is -1.96. The number of hydrogen-bond acceptors (Lipinski definition) is 2. The van der Waals surface area contributed by atoms with E-state index in [-0.39, 0.29) is 0 Å². The van der Waals surface area contributed by atoms with Crippen molar-refractivity contribution < 1.29 is 5.11 Å². The van der Waals surface area contributed by atoms with Crippen LogP contribution in [0.15, 0.2) is 40.9 Å². The molecule has 2 aromatic rings. The molecule has 0 bridgehead atoms. The predicted octanol–water partition coefficient (Wildman–Crippen LogP) is 4.15. The third kappa shape index (κ3) is 2.54. The monoisotopic (exact) mass is 296 g/mol. The normalized spacial score (nSPS) is 12.7. The van der Waals surface area contributed by atoms with E-state index in [1.54, 1.807) is 11.3 Å². The molecule has 0 unspecified atom stereocenters. The van der Waals surface area contributed by atoms with Gasteiger partial charge in [0, 0.05) is 14.2 Å². The second-order valence-corrected chi connectivity index (χ2v) is 5.73. The quantitative estimate of drug-likeness (QED) is 0.902. The first-order valence-corrected chi connectivity index (χ1v) is 6.83. The SMILES string of the molecule is CCc1ccc([C@@H](O)c2cccc(Br)c2)s1. The maximum absolute atomic E-state index is 10.2. The van der Waals surface area contributed by atoms with Gasteiger partial charge in [0.1, 0.15) is 6.10 Å². The molecule has 0 aliphatic heterocycles. The first-order chi connectivity index (χ1) is 7.70. The number of halogens is 1. The fourth-order valence-corrected chi connectivity index (χ4v) is 2.96. The lowest BCUT2D eigenvalue weighted by molar-refractivity contribution is 0.224. The first-order valence-electron chi connectivity index (χ1n) is 5.23. The highest BCUT2D eigenvalue weighted by molar-refractivity contribution is 9.10. The molecule has 1 N–H and O–H groups in total. The Balaban J connectivity index is 2.27. The standard InChI is InChI=1S/C13H13BrOS/c1-2-11-6-7-12(16-11)13(15)9-4-3-5-10(14)8-9/h3-8,13,15H,2H2,1H3/t13-/m0/s1. The fourth-order valence-electron chi connectivity index (χ4n) is 1.57. The Hall–Kier alpha value is -0.640. The minimum atomic E-state index is -0.511. The molecule has 1 atom stereocenters. The van der Waals surface area contributed by atoms with Gasteiger partial charge in [0.25, 0.3) is 0 Å². The number of hydrogen-bond donors (Lipinski definition) is 1. The van der Waals surface area contributed by atoms with Gasteiger partial charge < -0.3 is 5.11 Å². The molecule has 1 heterocycles. The Kier molecular flexibility index (Phi) is 3.79. The Morgan fingerprint density at radius 1 is 1.31 bits per heavy atom. The molecule has 0 spiro atoms. The number of aliphatic hydroxyl groups is 1. The zero-order valence-electron chi connectivity index (χ0n) is 8.98. The van der Waals surface area contributed by atoms with Gasteiger partial charge in [-0.15, -0.1) is 11.3 Å². The summed E-state index contributed by atoms with van der Waals surface area (Å²) in [5.74, 6) is 0. The van der Waals surface area contributed by atoms with Gasteiger partial charge in [0.15, 0.2) is 0 Å². The largest absolute Gasteiger partial charge is 0.383 e. The van der Waals surface area contributed by atoms with Crippen molar-refractivity contribution in [3.63, 3.8) is 0 Å². The number of rotatable bonds is 3. The zero-order chi connectivity index (χ0) is 11.5. The summed E-state index contributed by atoms with van der Waals surface area (Å²) in [6.45, 7) is 2.13. The van der Waals surface area contributed by atoms with Crippen molar-refractivity contribution in [2.24, 2.45) is 0 Å². The van der Waals surface area contributed by atoms with E-state index in [2.05, 4.69) is 28.9 Å². The van der Waals surface area contributed by atoms with Gasteiger partial charge in [-0.05, 0) is 36.2 Å². The van der Waals surface area contributed by atoms with Crippen LogP contribution in [0.2, 0.25) is 0 Å². The van der Waals surface area contributed by atoms with Crippen molar-refractivity contribution in [2.45, 2.75) is 19.4 Å². The molecule has 0 radical (unpaired) electrons. The minimum absolute atomic E-state index is 0.511. The molecular formula is C13H13BrOS. The molecule has 1 aromatic heterocycles. The van der Waals surface area contributed by atoms with Crippen molar-refractivity contribution in [1.82, 2.24) is 0 Å². The molecular weight excluding hydrogens is 284 g/mol. The van der Waals surface area contributed by atoms with Gasteiger partial charge >= 0.3 is 0 Å². The van der Waals surface area contributed by atoms with Crippen LogP contribution in [0.4, 0.5) is 0 Å². The van der Waals surface area contributed by atoms with E-state index in [4.69, 9.17) is 0 Å². The second kappa shape index (κ2) is 5.13. The maximum atomic E-state index is 10.2. The van der Waals surface area contributed by atoms with Crippen LogP contribution in [-0.2, 0) is 6.42 Å². The van der Waals surface area contributed by atoms with E-state index >= 15 is 0 Å². The molecule has 2 rings (SSSR count). The molecule has 0 fully saturated rings. The lowest BCUT2D eigenvalue weighted by atomic mass is 10.1. The molecule has 0 amide bonds. The summed E-state index contributed by atoms with van der Waals surface area (Å²) in [4.78, 5) is 2.32. The molecule has 3 heteroatoms. The van der Waals surface area contributed by atoms with Crippen LogP contribution in [0.3, 0.4) is 0 Å². The third-order valence-electron chi connectivity index (χ3n) is 2.46. The Morgan fingerprint density at radius 2 is 2.12 bits per heavy atom. The number of aliphatic hydroxyl groups excluding tert-OH is 1. The molecule has 0 saturated carbocycles. The Labute approximate surface area is 108 Å². The van der Waals surface area contributed by atoms with Crippen LogP contribution in [0.1, 0.15) is 28.3 Å². The summed E-state index contributed by atoms with van der Waals surface area (Å²) in [6.07, 6.45) is 0.512. The zero-order valence-corrected chi connectivity index (χ0v) is 11.4. The third-order valence-corrected chi connectivity index (χ3v) is 4.24. The fraction of sp³-hybridized carbons (Fsp3) is 0.231. The molecule has 1 aromatic carbocycles. The van der Waals surface area contributed by atoms with Gasteiger partial charge in [-0.3, -0.25) is 0 Å². The van der Waals surface area contributed by atoms with Crippen LogP contribution < -0.4 is 0 Å². The molecule has 1 nitrogen and oxygen atoms in total. The van der Waals surface area contributed by atoms with Crippen LogP contribution >= 0.6 is 27.3 Å². The number of aryl methyl sites for hydroxylation is 1. The van der Waals surface area contributed by atoms with Gasteiger partial charge in [0.05, 0.1) is 0 Å². The summed E-state index contributed by atoms with van der Waals surface area (Å²) in [5, 5.41) is 10.2. The smallest absolute Gasteiger partial charge is 0.113 e. The highest BCUT2D eigenvalue weighted by atomic mass is 79.9. The van der Waals surface area contributed by atoms with Gasteiger partial charge in [0.2, 0.25) is 0 Å². The second-order valence-electron chi connectivity index (χ2n) is 3.62. The summed E-state index contributed by atoms with van der Waals surface area (Å²) in [7, 11) is 0. The molecule has 0 aliphatic rings. The van der Waals surface area contributed by atoms with E-state index < -0.39 is 6.10 Å². The molecule has 16 heavy (non-hydrogen) atoms. The van der Waals surface area contributed by atoms with Crippen LogP contribution in [0.5, 0.6) is 0 Å². The maximum Gasteiger partial charge on any atom is 0.113 e. The van der Waals surface area contributed by atoms with Gasteiger partial charge in [-0.2, -0.15) is 0 Å². The van der Waals surface area contributed by atoms with Crippen LogP contribution in [-0.4, -0.2) is 5.11 Å². The summed E-state index contributed by atoms with van der Waals surface area (Å²) >= 11 is 5.09. The van der Waals surface area contributed by atoms with Crippen molar-refractivity contribution in [2.75, 3.05) is 0 Å². The number of thiophene rings is 1. The summed E-state index contributed by atoms with van der Waals surface area (Å²) in [6, 6.07) is 11.9. The van der Waals surface area contributed by atoms with E-state index in [1.165, 1.54) is 4.88 Å². The summed E-state index contributed by atoms with van der Waals surface area (Å²) < 4.78 is 0.997. The van der Waals surface area contributed by atoms with E-state index in [0.29, 0.717) is 0 Å². The van der Waals surface area contributed by atoms with E-state index in [9.17, 15) is 5.11 Å². The van der Waals surface area contributed by atoms with Gasteiger partial charge in [-0.25, -0.2) is 0 Å². The predicted molar refractivity (Wildman–Crippen MR) is 71.9 cm³/mol. The molecule has 0 saturated heterocycles. The first kappa shape index (κ1) is 11.8. The average molecular weight is 297 g/mol. The highest BCUT2D eigenvalue weighted by Crippen LogP contribution is 2.29.